The second-order valence-electron chi connectivity index (χ2n) is 6.89. The first-order chi connectivity index (χ1) is 13.6. The Hall–Kier alpha value is -3.55. The maximum absolute atomic E-state index is 13.7. The molecule has 0 aliphatic heterocycles. The van der Waals surface area contributed by atoms with E-state index in [1.807, 2.05) is 24.3 Å². The van der Waals surface area contributed by atoms with Crippen molar-refractivity contribution in [3.05, 3.63) is 70.7 Å². The molecule has 4 aromatic rings. The monoisotopic (exact) mass is 377 g/mol. The quantitative estimate of drug-likeness (QED) is 0.593. The Kier molecular flexibility index (Phi) is 3.71. The van der Waals surface area contributed by atoms with Crippen LogP contribution >= 0.6 is 0 Å². The van der Waals surface area contributed by atoms with Gasteiger partial charge in [0.15, 0.2) is 5.65 Å². The fraction of sp³-hybridized carbons (Fsp3) is 0.200. The van der Waals surface area contributed by atoms with Crippen LogP contribution in [0.4, 0.5) is 10.1 Å². The summed E-state index contributed by atoms with van der Waals surface area (Å²) in [6.07, 6.45) is 1.96. The van der Waals surface area contributed by atoms with Gasteiger partial charge in [-0.2, -0.15) is 0 Å². The summed E-state index contributed by atoms with van der Waals surface area (Å²) in [4.78, 5) is 30.0. The summed E-state index contributed by atoms with van der Waals surface area (Å²) in [7, 11) is 0. The molecule has 0 spiro atoms. The van der Waals surface area contributed by atoms with E-state index >= 15 is 0 Å². The van der Waals surface area contributed by atoms with Crippen molar-refractivity contribution >= 4 is 28.1 Å². The minimum atomic E-state index is -0.538. The third-order valence-electron chi connectivity index (χ3n) is 4.83. The van der Waals surface area contributed by atoms with E-state index in [0.29, 0.717) is 11.5 Å². The van der Waals surface area contributed by atoms with Gasteiger partial charge >= 0.3 is 5.69 Å². The largest absolute Gasteiger partial charge is 0.352 e. The van der Waals surface area contributed by atoms with Crippen molar-refractivity contribution in [2.45, 2.75) is 25.3 Å². The van der Waals surface area contributed by atoms with Gasteiger partial charge in [-0.15, -0.1) is 5.10 Å². The van der Waals surface area contributed by atoms with Crippen LogP contribution in [-0.2, 0) is 11.3 Å². The zero-order valence-electron chi connectivity index (χ0n) is 14.8. The molecule has 5 rings (SSSR count). The molecule has 2 aromatic carbocycles. The predicted octanol–water partition coefficient (Wildman–Crippen LogP) is 2.70. The third kappa shape index (κ3) is 2.74. The molecule has 1 N–H and O–H groups in total. The van der Waals surface area contributed by atoms with Crippen LogP contribution in [0.1, 0.15) is 24.6 Å². The lowest BCUT2D eigenvalue weighted by molar-refractivity contribution is -0.117. The SMILES string of the molecule is O=C(Cn1nc2c3ccccc3nc(C3CC3)n2c1=O)Nc1ccccc1F. The van der Waals surface area contributed by atoms with E-state index in [2.05, 4.69) is 15.4 Å². The van der Waals surface area contributed by atoms with Crippen molar-refractivity contribution in [3.8, 4) is 0 Å². The number of rotatable bonds is 4. The number of anilines is 1. The highest BCUT2D eigenvalue weighted by Crippen LogP contribution is 2.39. The molecule has 0 radical (unpaired) electrons. The fourth-order valence-corrected chi connectivity index (χ4v) is 3.33. The molecule has 1 amide bonds. The van der Waals surface area contributed by atoms with Crippen molar-refractivity contribution in [3.63, 3.8) is 0 Å². The lowest BCUT2D eigenvalue weighted by Gasteiger charge is -2.05. The van der Waals surface area contributed by atoms with Gasteiger partial charge in [0.2, 0.25) is 5.91 Å². The summed E-state index contributed by atoms with van der Waals surface area (Å²) in [5.74, 6) is -0.153. The molecule has 8 heteroatoms. The van der Waals surface area contributed by atoms with Gasteiger partial charge in [-0.05, 0) is 37.1 Å². The third-order valence-corrected chi connectivity index (χ3v) is 4.83. The number of aromatic nitrogens is 4. The zero-order valence-corrected chi connectivity index (χ0v) is 14.8. The molecule has 0 atom stereocenters. The first-order valence-corrected chi connectivity index (χ1v) is 9.04. The van der Waals surface area contributed by atoms with Gasteiger partial charge in [-0.1, -0.05) is 24.3 Å². The van der Waals surface area contributed by atoms with Crippen LogP contribution in [0.5, 0.6) is 0 Å². The molecule has 0 bridgehead atoms. The van der Waals surface area contributed by atoms with Crippen molar-refractivity contribution in [1.29, 1.82) is 0 Å². The van der Waals surface area contributed by atoms with Crippen LogP contribution in [0, 0.1) is 5.82 Å². The Labute approximate surface area is 158 Å². The normalized spacial score (nSPS) is 13.9. The Morgan fingerprint density at radius 1 is 1.14 bits per heavy atom. The Morgan fingerprint density at radius 3 is 2.68 bits per heavy atom. The number of carbonyl (C=O) groups is 1. The van der Waals surface area contributed by atoms with Crippen LogP contribution in [-0.4, -0.2) is 25.1 Å². The maximum atomic E-state index is 13.7. The Balaban J connectivity index is 1.57. The summed E-state index contributed by atoms with van der Waals surface area (Å²) >= 11 is 0. The summed E-state index contributed by atoms with van der Waals surface area (Å²) < 4.78 is 16.3. The summed E-state index contributed by atoms with van der Waals surface area (Å²) in [6, 6.07) is 13.4. The van der Waals surface area contributed by atoms with E-state index in [1.165, 1.54) is 22.6 Å². The topological polar surface area (TPSA) is 81.3 Å². The predicted molar refractivity (Wildman–Crippen MR) is 102 cm³/mol. The number of para-hydroxylation sites is 2. The number of amides is 1. The lowest BCUT2D eigenvalue weighted by atomic mass is 10.2. The standard InChI is InChI=1S/C20H16FN5O2/c21-14-6-2-4-8-16(14)22-17(27)11-25-20(28)26-18(12-9-10-12)23-15-7-3-1-5-13(15)19(26)24-25/h1-8,12H,9-11H2,(H,22,27). The van der Waals surface area contributed by atoms with Gasteiger partial charge < -0.3 is 5.32 Å². The summed E-state index contributed by atoms with van der Waals surface area (Å²) in [5, 5.41) is 7.61. The highest BCUT2D eigenvalue weighted by atomic mass is 19.1. The van der Waals surface area contributed by atoms with Crippen LogP contribution in [0.3, 0.4) is 0 Å². The smallest absolute Gasteiger partial charge is 0.322 e. The van der Waals surface area contributed by atoms with E-state index < -0.39 is 17.4 Å². The van der Waals surface area contributed by atoms with Gasteiger partial charge in [0, 0.05) is 11.3 Å². The number of nitrogens with one attached hydrogen (secondary N) is 1. The second-order valence-corrected chi connectivity index (χ2v) is 6.89. The lowest BCUT2D eigenvalue weighted by Crippen LogP contribution is -2.29. The molecule has 1 saturated carbocycles. The van der Waals surface area contributed by atoms with Crippen molar-refractivity contribution in [1.82, 2.24) is 19.2 Å². The maximum Gasteiger partial charge on any atom is 0.352 e. The molecule has 1 aliphatic carbocycles. The van der Waals surface area contributed by atoms with Gasteiger partial charge in [0.05, 0.1) is 11.2 Å². The van der Waals surface area contributed by atoms with Gasteiger partial charge in [0.1, 0.15) is 18.2 Å². The van der Waals surface area contributed by atoms with Crippen LogP contribution in [0.2, 0.25) is 0 Å². The molecule has 2 heterocycles. The molecule has 1 fully saturated rings. The van der Waals surface area contributed by atoms with E-state index in [9.17, 15) is 14.0 Å². The van der Waals surface area contributed by atoms with Crippen molar-refractivity contribution < 1.29 is 9.18 Å². The molecule has 0 unspecified atom stereocenters. The number of fused-ring (bicyclic) bond motifs is 3. The average molecular weight is 377 g/mol. The molecule has 2 aromatic heterocycles. The van der Waals surface area contributed by atoms with Crippen LogP contribution < -0.4 is 11.0 Å². The average Bonchev–Trinajstić information content (AvgIpc) is 3.49. The fourth-order valence-electron chi connectivity index (χ4n) is 3.33. The van der Waals surface area contributed by atoms with Gasteiger partial charge in [0.25, 0.3) is 0 Å². The van der Waals surface area contributed by atoms with Crippen molar-refractivity contribution in [2.24, 2.45) is 0 Å². The summed E-state index contributed by atoms with van der Waals surface area (Å²) in [6.45, 7) is -0.312. The number of benzene rings is 2. The van der Waals surface area contributed by atoms with E-state index in [0.717, 1.165) is 28.4 Å². The minimum absolute atomic E-state index is 0.0649. The summed E-state index contributed by atoms with van der Waals surface area (Å²) in [5.41, 5.74) is 0.898. The van der Waals surface area contributed by atoms with Crippen molar-refractivity contribution in [2.75, 3.05) is 5.32 Å². The number of carbonyl (C=O) groups excluding carboxylic acids is 1. The first kappa shape index (κ1) is 16.6. The van der Waals surface area contributed by atoms with Crippen LogP contribution in [0.15, 0.2) is 53.3 Å². The molecule has 140 valence electrons. The molecular weight excluding hydrogens is 361 g/mol. The molecule has 28 heavy (non-hydrogen) atoms. The van der Waals surface area contributed by atoms with Gasteiger partial charge in [-0.25, -0.2) is 23.3 Å². The molecule has 0 saturated heterocycles. The Bertz CT molecular complexity index is 1290. The highest BCUT2D eigenvalue weighted by molar-refractivity contribution is 5.92. The van der Waals surface area contributed by atoms with Gasteiger partial charge in [-0.3, -0.25) is 4.79 Å². The van der Waals surface area contributed by atoms with E-state index in [-0.39, 0.29) is 18.2 Å². The van der Waals surface area contributed by atoms with E-state index in [1.54, 1.807) is 6.07 Å². The molecule has 1 aliphatic rings. The van der Waals surface area contributed by atoms with Crippen LogP contribution in [0.25, 0.3) is 16.6 Å². The first-order valence-electron chi connectivity index (χ1n) is 9.04. The highest BCUT2D eigenvalue weighted by Gasteiger charge is 2.30. The number of hydrogen-bond donors (Lipinski definition) is 1. The number of halogens is 1. The molecule has 7 nitrogen and oxygen atoms in total. The zero-order chi connectivity index (χ0) is 19.3. The minimum Gasteiger partial charge on any atom is -0.322 e. The van der Waals surface area contributed by atoms with E-state index in [4.69, 9.17) is 0 Å². The second kappa shape index (κ2) is 6.26. The number of hydrogen-bond acceptors (Lipinski definition) is 4. The molecular formula is C20H16FN5O2. The number of nitrogens with zero attached hydrogens (tertiary/aromatic N) is 4. The Morgan fingerprint density at radius 2 is 1.89 bits per heavy atom.